The first-order chi connectivity index (χ1) is 7.83. The molecule has 2 saturated heterocycles. The predicted molar refractivity (Wildman–Crippen MR) is 60.3 cm³/mol. The van der Waals surface area contributed by atoms with Crippen LogP contribution in [0.15, 0.2) is 0 Å². The molecule has 3 N–H and O–H groups in total. The lowest BCUT2D eigenvalue weighted by molar-refractivity contribution is 0.0155. The summed E-state index contributed by atoms with van der Waals surface area (Å²) >= 11 is 0. The number of piperazine rings is 1. The first kappa shape index (κ1) is 12.3. The van der Waals surface area contributed by atoms with Crippen molar-refractivity contribution in [3.63, 3.8) is 0 Å². The molecule has 0 radical (unpaired) electrons. The van der Waals surface area contributed by atoms with E-state index in [2.05, 4.69) is 10.2 Å². The Morgan fingerprint density at radius 1 is 1.31 bits per heavy atom. The molecule has 2 heterocycles. The van der Waals surface area contributed by atoms with Crippen LogP contribution in [0.1, 0.15) is 12.8 Å². The minimum atomic E-state index is 0.129. The van der Waals surface area contributed by atoms with Gasteiger partial charge in [-0.1, -0.05) is 0 Å². The van der Waals surface area contributed by atoms with E-state index in [1.807, 2.05) is 0 Å². The molecule has 3 unspecified atom stereocenters. The van der Waals surface area contributed by atoms with Gasteiger partial charge in [-0.2, -0.15) is 0 Å². The largest absolute Gasteiger partial charge is 0.395 e. The number of rotatable bonds is 4. The number of nitrogens with zero attached hydrogens (tertiary/aromatic N) is 1. The van der Waals surface area contributed by atoms with Crippen molar-refractivity contribution in [2.45, 2.75) is 31.0 Å². The van der Waals surface area contributed by atoms with E-state index in [1.54, 1.807) is 0 Å². The summed E-state index contributed by atoms with van der Waals surface area (Å²) in [6.45, 7) is 3.60. The molecule has 2 rings (SSSR count). The second-order valence-electron chi connectivity index (χ2n) is 4.71. The molecular weight excluding hydrogens is 208 g/mol. The van der Waals surface area contributed by atoms with Crippen molar-refractivity contribution >= 4 is 0 Å². The third-order valence-corrected chi connectivity index (χ3v) is 3.51. The maximum absolute atomic E-state index is 9.31. The van der Waals surface area contributed by atoms with Crippen LogP contribution in [0.4, 0.5) is 0 Å². The highest BCUT2D eigenvalue weighted by molar-refractivity contribution is 4.87. The zero-order valence-electron chi connectivity index (χ0n) is 9.64. The van der Waals surface area contributed by atoms with Crippen LogP contribution in [-0.4, -0.2) is 72.8 Å². The first-order valence-electron chi connectivity index (χ1n) is 6.14. The second-order valence-corrected chi connectivity index (χ2v) is 4.71. The minimum absolute atomic E-state index is 0.129. The summed E-state index contributed by atoms with van der Waals surface area (Å²) in [7, 11) is 0. The van der Waals surface area contributed by atoms with Crippen LogP contribution in [0.3, 0.4) is 0 Å². The molecule has 0 aromatic carbocycles. The molecule has 2 aliphatic heterocycles. The van der Waals surface area contributed by atoms with Gasteiger partial charge in [0.2, 0.25) is 0 Å². The Labute approximate surface area is 96.4 Å². The number of hydrogen-bond donors (Lipinski definition) is 3. The van der Waals surface area contributed by atoms with Gasteiger partial charge in [-0.05, 0) is 12.8 Å². The molecule has 0 spiro atoms. The number of aliphatic hydroxyl groups excluding tert-OH is 2. The average molecular weight is 230 g/mol. The Morgan fingerprint density at radius 3 is 2.81 bits per heavy atom. The van der Waals surface area contributed by atoms with E-state index in [0.29, 0.717) is 6.10 Å². The molecule has 5 heteroatoms. The molecule has 94 valence electrons. The molecule has 2 fully saturated rings. The fraction of sp³-hybridized carbons (Fsp3) is 1.00. The fourth-order valence-electron chi connectivity index (χ4n) is 2.50. The van der Waals surface area contributed by atoms with Crippen molar-refractivity contribution in [3.8, 4) is 0 Å². The quantitative estimate of drug-likeness (QED) is 0.566. The number of nitrogens with one attached hydrogen (secondary N) is 1. The van der Waals surface area contributed by atoms with Crippen molar-refractivity contribution in [1.29, 1.82) is 0 Å². The number of aliphatic hydroxyl groups is 2. The van der Waals surface area contributed by atoms with Gasteiger partial charge in [-0.25, -0.2) is 0 Å². The van der Waals surface area contributed by atoms with E-state index in [4.69, 9.17) is 9.84 Å². The standard InChI is InChI=1S/C11H22N2O3/c14-7-9-5-13(10(8-15)4-12-9)6-11-2-1-3-16-11/h9-12,14-15H,1-8H2. The molecule has 0 aromatic rings. The highest BCUT2D eigenvalue weighted by Gasteiger charge is 2.29. The zero-order chi connectivity index (χ0) is 11.4. The van der Waals surface area contributed by atoms with Crippen molar-refractivity contribution < 1.29 is 14.9 Å². The minimum Gasteiger partial charge on any atom is -0.395 e. The Balaban J connectivity index is 1.86. The fourth-order valence-corrected chi connectivity index (χ4v) is 2.50. The summed E-state index contributed by atoms with van der Waals surface area (Å²) in [5.41, 5.74) is 0. The topological polar surface area (TPSA) is 65.0 Å². The van der Waals surface area contributed by atoms with Gasteiger partial charge in [0.05, 0.1) is 19.3 Å². The third kappa shape index (κ3) is 2.93. The predicted octanol–water partition coefficient (Wildman–Crippen LogP) is -1.21. The summed E-state index contributed by atoms with van der Waals surface area (Å²) < 4.78 is 5.61. The van der Waals surface area contributed by atoms with Crippen LogP contribution < -0.4 is 5.32 Å². The van der Waals surface area contributed by atoms with Gasteiger partial charge < -0.3 is 20.3 Å². The Bertz CT molecular complexity index is 209. The summed E-state index contributed by atoms with van der Waals surface area (Å²) in [5.74, 6) is 0. The SMILES string of the molecule is OCC1CN(CC2CCCO2)C(CO)CN1. The van der Waals surface area contributed by atoms with Crippen molar-refractivity contribution in [1.82, 2.24) is 10.2 Å². The molecule has 5 nitrogen and oxygen atoms in total. The molecular formula is C11H22N2O3. The molecule has 0 amide bonds. The van der Waals surface area contributed by atoms with Gasteiger partial charge in [0.15, 0.2) is 0 Å². The van der Waals surface area contributed by atoms with Crippen LogP contribution >= 0.6 is 0 Å². The van der Waals surface area contributed by atoms with Crippen molar-refractivity contribution in [3.05, 3.63) is 0 Å². The van der Waals surface area contributed by atoms with E-state index < -0.39 is 0 Å². The lowest BCUT2D eigenvalue weighted by atomic mass is 10.1. The molecule has 2 aliphatic rings. The van der Waals surface area contributed by atoms with Gasteiger partial charge in [0.25, 0.3) is 0 Å². The number of hydrogen-bond acceptors (Lipinski definition) is 5. The number of ether oxygens (including phenoxy) is 1. The molecule has 16 heavy (non-hydrogen) atoms. The van der Waals surface area contributed by atoms with E-state index in [1.165, 1.54) is 0 Å². The lowest BCUT2D eigenvalue weighted by Gasteiger charge is -2.40. The molecule has 3 atom stereocenters. The van der Waals surface area contributed by atoms with Gasteiger partial charge in [0.1, 0.15) is 0 Å². The summed E-state index contributed by atoms with van der Waals surface area (Å²) in [4.78, 5) is 2.24. The van der Waals surface area contributed by atoms with Gasteiger partial charge >= 0.3 is 0 Å². The van der Waals surface area contributed by atoms with Crippen LogP contribution in [0.2, 0.25) is 0 Å². The third-order valence-electron chi connectivity index (χ3n) is 3.51. The Hall–Kier alpha value is -0.200. The van der Waals surface area contributed by atoms with E-state index in [0.717, 1.165) is 39.1 Å². The first-order valence-corrected chi connectivity index (χ1v) is 6.14. The molecule has 0 saturated carbocycles. The van der Waals surface area contributed by atoms with E-state index in [-0.39, 0.29) is 25.3 Å². The summed E-state index contributed by atoms with van der Waals surface area (Å²) in [6.07, 6.45) is 2.57. The molecule has 0 aromatic heterocycles. The monoisotopic (exact) mass is 230 g/mol. The zero-order valence-corrected chi connectivity index (χ0v) is 9.64. The van der Waals surface area contributed by atoms with E-state index in [9.17, 15) is 5.11 Å². The smallest absolute Gasteiger partial charge is 0.0703 e. The van der Waals surface area contributed by atoms with Gasteiger partial charge in [0, 0.05) is 38.3 Å². The summed E-state index contributed by atoms with van der Waals surface area (Å²) in [6, 6.07) is 0.288. The Morgan fingerprint density at radius 2 is 2.19 bits per heavy atom. The average Bonchev–Trinajstić information content (AvgIpc) is 2.82. The Kier molecular flexibility index (Phi) is 4.55. The summed E-state index contributed by atoms with van der Waals surface area (Å²) in [5, 5.41) is 21.7. The van der Waals surface area contributed by atoms with Gasteiger partial charge in [-0.15, -0.1) is 0 Å². The van der Waals surface area contributed by atoms with Crippen LogP contribution in [-0.2, 0) is 4.74 Å². The highest BCUT2D eigenvalue weighted by Crippen LogP contribution is 2.16. The van der Waals surface area contributed by atoms with Crippen LogP contribution in [0.25, 0.3) is 0 Å². The van der Waals surface area contributed by atoms with Crippen molar-refractivity contribution in [2.24, 2.45) is 0 Å². The highest BCUT2D eigenvalue weighted by atomic mass is 16.5. The van der Waals surface area contributed by atoms with Gasteiger partial charge in [-0.3, -0.25) is 4.90 Å². The van der Waals surface area contributed by atoms with Crippen LogP contribution in [0.5, 0.6) is 0 Å². The molecule has 0 aliphatic carbocycles. The normalized spacial score (nSPS) is 36.8. The van der Waals surface area contributed by atoms with Crippen molar-refractivity contribution in [2.75, 3.05) is 39.5 Å². The maximum atomic E-state index is 9.31. The molecule has 0 bridgehead atoms. The van der Waals surface area contributed by atoms with Crippen LogP contribution in [0, 0.1) is 0 Å². The van der Waals surface area contributed by atoms with E-state index >= 15 is 0 Å². The maximum Gasteiger partial charge on any atom is 0.0703 e. The lowest BCUT2D eigenvalue weighted by Crippen LogP contribution is -2.60. The second kappa shape index (κ2) is 5.93.